The Morgan fingerprint density at radius 2 is 1.82 bits per heavy atom. The van der Waals surface area contributed by atoms with Crippen molar-refractivity contribution >= 4 is 10.9 Å². The molecule has 1 aromatic carbocycles. The first-order valence-corrected chi connectivity index (χ1v) is 6.89. The summed E-state index contributed by atoms with van der Waals surface area (Å²) in [5.74, 6) is 0.967. The highest BCUT2D eigenvalue weighted by Gasteiger charge is 2.12. The van der Waals surface area contributed by atoms with Crippen molar-refractivity contribution in [2.45, 2.75) is 6.54 Å². The topological polar surface area (TPSA) is 53.4 Å². The van der Waals surface area contributed by atoms with Crippen molar-refractivity contribution in [3.05, 3.63) is 64.7 Å². The molecule has 0 unspecified atom stereocenters. The first kappa shape index (κ1) is 14.1. The molecule has 0 spiro atoms. The first-order valence-electron chi connectivity index (χ1n) is 6.89. The van der Waals surface area contributed by atoms with E-state index in [1.54, 1.807) is 30.0 Å². The van der Waals surface area contributed by atoms with Gasteiger partial charge in [0.15, 0.2) is 5.75 Å². The third-order valence-electron chi connectivity index (χ3n) is 3.57. The van der Waals surface area contributed by atoms with Crippen LogP contribution in [0.25, 0.3) is 10.9 Å². The molecule has 5 nitrogen and oxygen atoms in total. The average molecular weight is 296 g/mol. The van der Waals surface area contributed by atoms with Crippen molar-refractivity contribution in [2.75, 3.05) is 14.2 Å². The molecule has 5 heteroatoms. The molecule has 112 valence electrons. The van der Waals surface area contributed by atoms with Crippen LogP contribution in [0.2, 0.25) is 0 Å². The highest BCUT2D eigenvalue weighted by atomic mass is 16.5. The van der Waals surface area contributed by atoms with E-state index in [2.05, 4.69) is 4.98 Å². The molecular weight excluding hydrogens is 280 g/mol. The molecular formula is C17H16N2O3. The van der Waals surface area contributed by atoms with Gasteiger partial charge in [0.2, 0.25) is 0 Å². The van der Waals surface area contributed by atoms with E-state index in [9.17, 15) is 4.79 Å². The third kappa shape index (κ3) is 2.41. The molecule has 2 aromatic heterocycles. The number of hydrogen-bond donors (Lipinski definition) is 0. The fourth-order valence-electron chi connectivity index (χ4n) is 2.48. The molecule has 0 saturated heterocycles. The fourth-order valence-corrected chi connectivity index (χ4v) is 2.48. The molecule has 0 fully saturated rings. The van der Waals surface area contributed by atoms with Crippen molar-refractivity contribution in [3.8, 4) is 11.5 Å². The Bertz CT molecular complexity index is 871. The van der Waals surface area contributed by atoms with Crippen LogP contribution in [-0.2, 0) is 6.54 Å². The molecule has 0 saturated carbocycles. The van der Waals surface area contributed by atoms with Gasteiger partial charge in [-0.1, -0.05) is 18.2 Å². The van der Waals surface area contributed by atoms with Gasteiger partial charge in [0.25, 0.3) is 5.56 Å². The second-order valence-electron chi connectivity index (χ2n) is 4.82. The standard InChI is InChI=1S/C17H16N2O3/c1-21-15-8-5-9-18-13(15)11-19-14-7-4-3-6-12(14)10-16(22-2)17(19)20/h3-10H,11H2,1-2H3. The van der Waals surface area contributed by atoms with Gasteiger partial charge in [-0.3, -0.25) is 14.3 Å². The highest BCUT2D eigenvalue weighted by Crippen LogP contribution is 2.20. The lowest BCUT2D eigenvalue weighted by Crippen LogP contribution is -2.23. The van der Waals surface area contributed by atoms with Crippen LogP contribution >= 0.6 is 0 Å². The highest BCUT2D eigenvalue weighted by molar-refractivity contribution is 5.80. The smallest absolute Gasteiger partial charge is 0.293 e. The van der Waals surface area contributed by atoms with Crippen LogP contribution < -0.4 is 15.0 Å². The molecule has 0 N–H and O–H groups in total. The number of fused-ring (bicyclic) bond motifs is 1. The van der Waals surface area contributed by atoms with Gasteiger partial charge in [-0.2, -0.15) is 0 Å². The summed E-state index contributed by atoms with van der Waals surface area (Å²) in [5.41, 5.74) is 1.35. The predicted octanol–water partition coefficient (Wildman–Crippen LogP) is 2.46. The normalized spacial score (nSPS) is 10.6. The number of ether oxygens (including phenoxy) is 2. The molecule has 0 aliphatic carbocycles. The summed E-state index contributed by atoms with van der Waals surface area (Å²) in [5, 5.41) is 0.939. The summed E-state index contributed by atoms with van der Waals surface area (Å²) in [6.45, 7) is 0.320. The lowest BCUT2D eigenvalue weighted by molar-refractivity contribution is 0.399. The second kappa shape index (κ2) is 5.89. The Hall–Kier alpha value is -2.82. The summed E-state index contributed by atoms with van der Waals surface area (Å²) in [6, 6.07) is 13.1. The summed E-state index contributed by atoms with van der Waals surface area (Å²) >= 11 is 0. The second-order valence-corrected chi connectivity index (χ2v) is 4.82. The number of para-hydroxylation sites is 1. The fraction of sp³-hybridized carbons (Fsp3) is 0.176. The largest absolute Gasteiger partial charge is 0.495 e. The van der Waals surface area contributed by atoms with Crippen molar-refractivity contribution in [2.24, 2.45) is 0 Å². The Balaban J connectivity index is 2.21. The molecule has 0 bridgehead atoms. The Morgan fingerprint density at radius 1 is 1.05 bits per heavy atom. The van der Waals surface area contributed by atoms with Gasteiger partial charge < -0.3 is 9.47 Å². The lowest BCUT2D eigenvalue weighted by atomic mass is 10.2. The SMILES string of the molecule is COc1cccnc1Cn1c(=O)c(OC)cc2ccccc21. The van der Waals surface area contributed by atoms with Crippen LogP contribution in [0.4, 0.5) is 0 Å². The molecule has 22 heavy (non-hydrogen) atoms. The first-order chi connectivity index (χ1) is 10.7. The van der Waals surface area contributed by atoms with E-state index in [-0.39, 0.29) is 5.56 Å². The van der Waals surface area contributed by atoms with E-state index in [4.69, 9.17) is 9.47 Å². The molecule has 0 aliphatic heterocycles. The monoisotopic (exact) mass is 296 g/mol. The zero-order valence-corrected chi connectivity index (χ0v) is 12.4. The van der Waals surface area contributed by atoms with Gasteiger partial charge >= 0.3 is 0 Å². The van der Waals surface area contributed by atoms with Crippen LogP contribution in [0.3, 0.4) is 0 Å². The maximum Gasteiger partial charge on any atom is 0.293 e. The number of hydrogen-bond acceptors (Lipinski definition) is 4. The van der Waals surface area contributed by atoms with Crippen LogP contribution in [0.5, 0.6) is 11.5 Å². The maximum atomic E-state index is 12.6. The number of methoxy groups -OCH3 is 2. The van der Waals surface area contributed by atoms with Gasteiger partial charge in [0.05, 0.1) is 26.3 Å². The number of benzene rings is 1. The summed E-state index contributed by atoms with van der Waals surface area (Å²) in [6.07, 6.45) is 1.69. The molecule has 0 amide bonds. The van der Waals surface area contributed by atoms with Gasteiger partial charge in [-0.25, -0.2) is 0 Å². The average Bonchev–Trinajstić information content (AvgIpc) is 2.57. The van der Waals surface area contributed by atoms with E-state index in [1.165, 1.54) is 7.11 Å². The molecule has 3 rings (SSSR count). The Kier molecular flexibility index (Phi) is 3.78. The van der Waals surface area contributed by atoms with E-state index in [0.29, 0.717) is 23.7 Å². The van der Waals surface area contributed by atoms with E-state index in [1.807, 2.05) is 30.3 Å². The van der Waals surface area contributed by atoms with Crippen molar-refractivity contribution in [1.29, 1.82) is 0 Å². The minimum atomic E-state index is -0.186. The summed E-state index contributed by atoms with van der Waals surface area (Å²) in [7, 11) is 3.09. The van der Waals surface area contributed by atoms with Crippen LogP contribution in [-0.4, -0.2) is 23.8 Å². The van der Waals surface area contributed by atoms with Crippen LogP contribution in [0, 0.1) is 0 Å². The molecule has 2 heterocycles. The van der Waals surface area contributed by atoms with E-state index >= 15 is 0 Å². The van der Waals surface area contributed by atoms with Gasteiger partial charge in [0.1, 0.15) is 11.4 Å². The zero-order chi connectivity index (χ0) is 15.5. The summed E-state index contributed by atoms with van der Waals surface area (Å²) in [4.78, 5) is 16.9. The zero-order valence-electron chi connectivity index (χ0n) is 12.4. The van der Waals surface area contributed by atoms with E-state index in [0.717, 1.165) is 10.9 Å². The molecule has 0 atom stereocenters. The Morgan fingerprint density at radius 3 is 2.59 bits per heavy atom. The minimum Gasteiger partial charge on any atom is -0.495 e. The number of aromatic nitrogens is 2. The predicted molar refractivity (Wildman–Crippen MR) is 84.7 cm³/mol. The summed E-state index contributed by atoms with van der Waals surface area (Å²) < 4.78 is 12.2. The molecule has 0 aliphatic rings. The van der Waals surface area contributed by atoms with Crippen molar-refractivity contribution in [3.63, 3.8) is 0 Å². The third-order valence-corrected chi connectivity index (χ3v) is 3.57. The van der Waals surface area contributed by atoms with Crippen LogP contribution in [0.15, 0.2) is 53.5 Å². The van der Waals surface area contributed by atoms with Gasteiger partial charge in [-0.05, 0) is 24.3 Å². The quantitative estimate of drug-likeness (QED) is 0.742. The minimum absolute atomic E-state index is 0.186. The Labute approximate surface area is 127 Å². The van der Waals surface area contributed by atoms with Crippen LogP contribution in [0.1, 0.15) is 5.69 Å². The maximum absolute atomic E-state index is 12.6. The lowest BCUT2D eigenvalue weighted by Gasteiger charge is -2.13. The van der Waals surface area contributed by atoms with Gasteiger partial charge in [-0.15, -0.1) is 0 Å². The molecule has 0 radical (unpaired) electrons. The number of pyridine rings is 2. The van der Waals surface area contributed by atoms with Gasteiger partial charge in [0, 0.05) is 11.6 Å². The van der Waals surface area contributed by atoms with Crippen molar-refractivity contribution < 1.29 is 9.47 Å². The van der Waals surface area contributed by atoms with Crippen molar-refractivity contribution in [1.82, 2.24) is 9.55 Å². The number of nitrogens with zero attached hydrogens (tertiary/aromatic N) is 2. The number of rotatable bonds is 4. The van der Waals surface area contributed by atoms with E-state index < -0.39 is 0 Å². The molecule has 3 aromatic rings.